The number of carbonyl (C=O) groups excluding carboxylic acids is 1. The van der Waals surface area contributed by atoms with Crippen molar-refractivity contribution in [2.75, 3.05) is 0 Å². The van der Waals surface area contributed by atoms with Gasteiger partial charge in [-0.15, -0.1) is 0 Å². The molecule has 0 saturated heterocycles. The Morgan fingerprint density at radius 1 is 1.50 bits per heavy atom. The number of rotatable bonds is 1. The molecule has 1 aromatic rings. The van der Waals surface area contributed by atoms with Gasteiger partial charge in [-0.25, -0.2) is 0 Å². The summed E-state index contributed by atoms with van der Waals surface area (Å²) in [5.41, 5.74) is 0.661. The predicted molar refractivity (Wildman–Crippen MR) is 48.3 cm³/mol. The molecule has 1 rings (SSSR count). The Labute approximate surface area is 79.3 Å². The Hall–Kier alpha value is -0.640. The highest BCUT2D eigenvalue weighted by molar-refractivity contribution is 9.10. The molecule has 0 amide bonds. The van der Waals surface area contributed by atoms with Crippen LogP contribution in [0.4, 0.5) is 0 Å². The van der Waals surface area contributed by atoms with Gasteiger partial charge in [0.25, 0.3) is 0 Å². The maximum atomic E-state index is 10.4. The summed E-state index contributed by atoms with van der Waals surface area (Å²) in [6.07, 6.45) is 0.645. The van der Waals surface area contributed by atoms with Gasteiger partial charge in [0.2, 0.25) is 5.76 Å². The molecule has 1 aromatic heterocycles. The van der Waals surface area contributed by atoms with E-state index in [9.17, 15) is 4.79 Å². The zero-order valence-corrected chi connectivity index (χ0v) is 8.81. The lowest BCUT2D eigenvalue weighted by atomic mass is 9.92. The fourth-order valence-electron chi connectivity index (χ4n) is 0.831. The van der Waals surface area contributed by atoms with E-state index in [0.717, 1.165) is 5.69 Å². The van der Waals surface area contributed by atoms with Gasteiger partial charge >= 0.3 is 0 Å². The highest BCUT2D eigenvalue weighted by Crippen LogP contribution is 2.30. The minimum Gasteiger partial charge on any atom is -0.352 e. The standard InChI is InChI=1S/C8H10BrNO2/c1-8(2,3)7-6(9)5(4-11)12-10-7/h4H,1-3H3. The van der Waals surface area contributed by atoms with E-state index in [-0.39, 0.29) is 11.2 Å². The summed E-state index contributed by atoms with van der Waals surface area (Å²) in [6, 6.07) is 0. The second-order valence-corrected chi connectivity index (χ2v) is 4.37. The van der Waals surface area contributed by atoms with Crippen molar-refractivity contribution >= 4 is 22.2 Å². The second-order valence-electron chi connectivity index (χ2n) is 3.58. The van der Waals surface area contributed by atoms with Gasteiger partial charge in [-0.3, -0.25) is 4.79 Å². The van der Waals surface area contributed by atoms with E-state index in [1.807, 2.05) is 20.8 Å². The zero-order chi connectivity index (χ0) is 9.35. The molecule has 12 heavy (non-hydrogen) atoms. The van der Waals surface area contributed by atoms with Crippen LogP contribution < -0.4 is 0 Å². The number of nitrogens with zero attached hydrogens (tertiary/aromatic N) is 1. The number of hydrogen-bond acceptors (Lipinski definition) is 3. The van der Waals surface area contributed by atoms with Crippen molar-refractivity contribution < 1.29 is 9.32 Å². The number of aldehydes is 1. The van der Waals surface area contributed by atoms with Crippen LogP contribution in [0.2, 0.25) is 0 Å². The Morgan fingerprint density at radius 3 is 2.33 bits per heavy atom. The highest BCUT2D eigenvalue weighted by Gasteiger charge is 2.24. The first kappa shape index (κ1) is 9.45. The Balaban J connectivity index is 3.19. The van der Waals surface area contributed by atoms with Gasteiger partial charge in [-0.2, -0.15) is 0 Å². The largest absolute Gasteiger partial charge is 0.352 e. The first-order valence-electron chi connectivity index (χ1n) is 3.57. The highest BCUT2D eigenvalue weighted by atomic mass is 79.9. The van der Waals surface area contributed by atoms with E-state index in [4.69, 9.17) is 4.52 Å². The van der Waals surface area contributed by atoms with Crippen LogP contribution in [0.1, 0.15) is 37.0 Å². The van der Waals surface area contributed by atoms with Crippen LogP contribution in [0.25, 0.3) is 0 Å². The molecule has 0 aliphatic heterocycles. The third-order valence-corrected chi connectivity index (χ3v) is 2.24. The van der Waals surface area contributed by atoms with Crippen molar-refractivity contribution in [3.63, 3.8) is 0 Å². The van der Waals surface area contributed by atoms with Gasteiger partial charge in [-0.1, -0.05) is 25.9 Å². The van der Waals surface area contributed by atoms with E-state index in [1.165, 1.54) is 0 Å². The minimum atomic E-state index is -0.108. The van der Waals surface area contributed by atoms with Crippen LogP contribution in [0.5, 0.6) is 0 Å². The fourth-order valence-corrected chi connectivity index (χ4v) is 1.66. The first-order chi connectivity index (χ1) is 5.46. The summed E-state index contributed by atoms with van der Waals surface area (Å²) in [5, 5.41) is 3.80. The average Bonchev–Trinajstić information content (AvgIpc) is 2.29. The van der Waals surface area contributed by atoms with E-state index in [1.54, 1.807) is 0 Å². The smallest absolute Gasteiger partial charge is 0.213 e. The van der Waals surface area contributed by atoms with Gasteiger partial charge in [0.15, 0.2) is 6.29 Å². The maximum Gasteiger partial charge on any atom is 0.213 e. The van der Waals surface area contributed by atoms with Crippen molar-refractivity contribution in [2.24, 2.45) is 0 Å². The summed E-state index contributed by atoms with van der Waals surface area (Å²) in [6.45, 7) is 6.01. The molecule has 0 unspecified atom stereocenters. The number of halogens is 1. The van der Waals surface area contributed by atoms with Gasteiger partial charge < -0.3 is 4.52 Å². The Bertz CT molecular complexity index is 298. The number of aromatic nitrogens is 1. The predicted octanol–water partition coefficient (Wildman–Crippen LogP) is 2.55. The molecule has 3 nitrogen and oxygen atoms in total. The summed E-state index contributed by atoms with van der Waals surface area (Å²) < 4.78 is 5.46. The first-order valence-corrected chi connectivity index (χ1v) is 4.37. The molecule has 4 heteroatoms. The molecule has 1 heterocycles. The molecule has 0 aliphatic rings. The molecule has 0 aliphatic carbocycles. The van der Waals surface area contributed by atoms with E-state index >= 15 is 0 Å². The van der Waals surface area contributed by atoms with Gasteiger partial charge in [0.1, 0.15) is 5.69 Å². The summed E-state index contributed by atoms with van der Waals surface area (Å²) in [5.74, 6) is 0.250. The van der Waals surface area contributed by atoms with Crippen molar-refractivity contribution in [3.8, 4) is 0 Å². The minimum absolute atomic E-state index is 0.108. The number of hydrogen-bond donors (Lipinski definition) is 0. The van der Waals surface area contributed by atoms with Crippen molar-refractivity contribution in [1.29, 1.82) is 0 Å². The van der Waals surface area contributed by atoms with Crippen LogP contribution in [-0.4, -0.2) is 11.4 Å². The fraction of sp³-hybridized carbons (Fsp3) is 0.500. The van der Waals surface area contributed by atoms with Crippen molar-refractivity contribution in [2.45, 2.75) is 26.2 Å². The number of carbonyl (C=O) groups is 1. The lowest BCUT2D eigenvalue weighted by molar-refractivity contribution is 0.109. The molecule has 66 valence electrons. The molecule has 0 N–H and O–H groups in total. The lowest BCUT2D eigenvalue weighted by Crippen LogP contribution is -2.12. The van der Waals surface area contributed by atoms with E-state index in [2.05, 4.69) is 21.1 Å². The molecule has 0 radical (unpaired) electrons. The molecule has 0 aromatic carbocycles. The second kappa shape index (κ2) is 3.01. The van der Waals surface area contributed by atoms with Gasteiger partial charge in [0, 0.05) is 5.41 Å². The zero-order valence-electron chi connectivity index (χ0n) is 7.22. The third kappa shape index (κ3) is 1.58. The molecule has 0 saturated carbocycles. The molecule has 0 fully saturated rings. The topological polar surface area (TPSA) is 43.1 Å². The Morgan fingerprint density at radius 2 is 2.08 bits per heavy atom. The maximum absolute atomic E-state index is 10.4. The van der Waals surface area contributed by atoms with Crippen LogP contribution >= 0.6 is 15.9 Å². The van der Waals surface area contributed by atoms with Gasteiger partial charge in [-0.05, 0) is 15.9 Å². The van der Waals surface area contributed by atoms with Gasteiger partial charge in [0.05, 0.1) is 4.47 Å². The lowest BCUT2D eigenvalue weighted by Gasteiger charge is -2.13. The summed E-state index contributed by atoms with van der Waals surface area (Å²) in [4.78, 5) is 10.4. The molecular weight excluding hydrogens is 222 g/mol. The van der Waals surface area contributed by atoms with Crippen molar-refractivity contribution in [1.82, 2.24) is 5.16 Å². The molecule has 0 spiro atoms. The van der Waals surface area contributed by atoms with E-state index < -0.39 is 0 Å². The normalized spacial score (nSPS) is 11.7. The monoisotopic (exact) mass is 231 g/mol. The quantitative estimate of drug-likeness (QED) is 0.698. The van der Waals surface area contributed by atoms with Crippen LogP contribution in [-0.2, 0) is 5.41 Å². The SMILES string of the molecule is CC(C)(C)c1noc(C=O)c1Br. The summed E-state index contributed by atoms with van der Waals surface area (Å²) >= 11 is 3.26. The molecule has 0 bridgehead atoms. The molecular formula is C8H10BrNO2. The third-order valence-electron chi connectivity index (χ3n) is 1.48. The van der Waals surface area contributed by atoms with E-state index in [0.29, 0.717) is 10.8 Å². The van der Waals surface area contributed by atoms with Crippen LogP contribution in [0.15, 0.2) is 9.00 Å². The van der Waals surface area contributed by atoms with Crippen LogP contribution in [0, 0.1) is 0 Å². The van der Waals surface area contributed by atoms with Crippen molar-refractivity contribution in [3.05, 3.63) is 15.9 Å². The molecule has 0 atom stereocenters. The summed E-state index contributed by atoms with van der Waals surface area (Å²) in [7, 11) is 0. The van der Waals surface area contributed by atoms with Crippen LogP contribution in [0.3, 0.4) is 0 Å². The average molecular weight is 232 g/mol. The Kier molecular flexibility index (Phi) is 2.37.